The van der Waals surface area contributed by atoms with Gasteiger partial charge in [-0.05, 0) is 44.5 Å². The molecule has 7 aromatic carbocycles. The second-order valence-corrected chi connectivity index (χ2v) is 14.9. The highest BCUT2D eigenvalue weighted by molar-refractivity contribution is 7.17. The molecular formula is C50H31N3S. The lowest BCUT2D eigenvalue weighted by atomic mass is 9.73. The molecule has 0 aliphatic heterocycles. The second kappa shape index (κ2) is 12.2. The fraction of sp³-hybridized carbons (Fsp3) is 0.0200. The third-order valence-corrected chi connectivity index (χ3v) is 12.3. The first-order valence-electron chi connectivity index (χ1n) is 18.3. The highest BCUT2D eigenvalue weighted by Crippen LogP contribution is 2.68. The predicted molar refractivity (Wildman–Crippen MR) is 221 cm³/mol. The van der Waals surface area contributed by atoms with Crippen LogP contribution in [0.1, 0.15) is 21.6 Å². The van der Waals surface area contributed by atoms with Crippen LogP contribution in [0.3, 0.4) is 0 Å². The quantitative estimate of drug-likeness (QED) is 0.179. The molecule has 0 saturated carbocycles. The number of fused-ring (bicyclic) bond motifs is 10. The third-order valence-electron chi connectivity index (χ3n) is 11.0. The maximum Gasteiger partial charge on any atom is 0.164 e. The van der Waals surface area contributed by atoms with E-state index in [0.717, 1.165) is 16.7 Å². The lowest BCUT2D eigenvalue weighted by Crippen LogP contribution is -2.24. The van der Waals surface area contributed by atoms with E-state index in [1.807, 2.05) is 47.7 Å². The van der Waals surface area contributed by atoms with Gasteiger partial charge in [-0.25, -0.2) is 15.0 Å². The van der Waals surface area contributed by atoms with Crippen LogP contribution in [0.4, 0.5) is 0 Å². The molecule has 1 atom stereocenters. The number of benzene rings is 7. The number of aromatic nitrogens is 3. The van der Waals surface area contributed by atoms with Gasteiger partial charge < -0.3 is 0 Å². The van der Waals surface area contributed by atoms with Crippen molar-refractivity contribution >= 4 is 11.3 Å². The van der Waals surface area contributed by atoms with Crippen LogP contribution in [0, 0.1) is 0 Å². The molecule has 9 aromatic rings. The molecular weight excluding hydrogens is 675 g/mol. The highest BCUT2D eigenvalue weighted by atomic mass is 32.1. The summed E-state index contributed by atoms with van der Waals surface area (Å²) in [6.07, 6.45) is 0. The van der Waals surface area contributed by atoms with E-state index in [0.29, 0.717) is 17.5 Å². The Kier molecular flexibility index (Phi) is 6.94. The fourth-order valence-corrected chi connectivity index (χ4v) is 10.3. The Morgan fingerprint density at radius 3 is 1.31 bits per heavy atom. The lowest BCUT2D eigenvalue weighted by molar-refractivity contribution is 0.811. The van der Waals surface area contributed by atoms with Gasteiger partial charge in [0.25, 0.3) is 0 Å². The van der Waals surface area contributed by atoms with Gasteiger partial charge in [-0.3, -0.25) is 0 Å². The van der Waals surface area contributed by atoms with Gasteiger partial charge in [0.2, 0.25) is 0 Å². The fourth-order valence-electron chi connectivity index (χ4n) is 8.75. The molecule has 1 spiro atoms. The second-order valence-electron chi connectivity index (χ2n) is 13.8. The molecule has 3 nitrogen and oxygen atoms in total. The van der Waals surface area contributed by atoms with Gasteiger partial charge in [-0.15, -0.1) is 11.3 Å². The summed E-state index contributed by atoms with van der Waals surface area (Å²) in [5, 5.41) is 0. The molecule has 252 valence electrons. The van der Waals surface area contributed by atoms with Crippen LogP contribution in [0.15, 0.2) is 188 Å². The topological polar surface area (TPSA) is 38.7 Å². The summed E-state index contributed by atoms with van der Waals surface area (Å²) in [6.45, 7) is 0. The van der Waals surface area contributed by atoms with Crippen LogP contribution in [0.5, 0.6) is 0 Å². The first kappa shape index (κ1) is 30.8. The zero-order valence-corrected chi connectivity index (χ0v) is 30.0. The standard InChI is InChI=1S/C50H31N3S/c1-5-18-32(19-6-1)42-44-37-27-14-16-30-40(37)50(46(44)54-45(42)33-20-7-2-8-21-33)39-29-15-13-26-36(39)43-38(28-17-31-41(43)50)49-52-47(34-22-9-3-10-23-34)51-48(53-49)35-24-11-4-12-25-35/h1-31H. The monoisotopic (exact) mass is 705 g/mol. The molecule has 0 saturated heterocycles. The molecule has 2 heterocycles. The first-order chi connectivity index (χ1) is 26.8. The van der Waals surface area contributed by atoms with Crippen molar-refractivity contribution in [2.45, 2.75) is 5.41 Å². The highest BCUT2D eigenvalue weighted by Gasteiger charge is 2.54. The van der Waals surface area contributed by atoms with E-state index in [1.54, 1.807) is 0 Å². The van der Waals surface area contributed by atoms with Crippen LogP contribution in [-0.2, 0) is 5.41 Å². The van der Waals surface area contributed by atoms with Crippen LogP contribution < -0.4 is 0 Å². The molecule has 54 heavy (non-hydrogen) atoms. The predicted octanol–water partition coefficient (Wildman–Crippen LogP) is 12.6. The normalized spacial score (nSPS) is 14.7. The van der Waals surface area contributed by atoms with Crippen LogP contribution in [0.2, 0.25) is 0 Å². The van der Waals surface area contributed by atoms with Crippen LogP contribution in [0.25, 0.3) is 78.0 Å². The first-order valence-corrected chi connectivity index (χ1v) is 19.1. The van der Waals surface area contributed by atoms with E-state index in [1.165, 1.54) is 65.4 Å². The van der Waals surface area contributed by atoms with Crippen molar-refractivity contribution in [2.24, 2.45) is 0 Å². The van der Waals surface area contributed by atoms with Crippen LogP contribution in [-0.4, -0.2) is 15.0 Å². The average Bonchev–Trinajstić information content (AvgIpc) is 3.89. The molecule has 11 rings (SSSR count). The lowest BCUT2D eigenvalue weighted by Gasteiger charge is -2.29. The number of rotatable bonds is 5. The van der Waals surface area contributed by atoms with E-state index in [2.05, 4.69) is 152 Å². The zero-order chi connectivity index (χ0) is 35.6. The Morgan fingerprint density at radius 1 is 0.315 bits per heavy atom. The Labute approximate surface area is 318 Å². The summed E-state index contributed by atoms with van der Waals surface area (Å²) in [7, 11) is 0. The number of hydrogen-bond acceptors (Lipinski definition) is 4. The molecule has 0 radical (unpaired) electrons. The Balaban J connectivity index is 1.23. The number of nitrogens with zero attached hydrogens (tertiary/aromatic N) is 3. The molecule has 2 aliphatic carbocycles. The summed E-state index contributed by atoms with van der Waals surface area (Å²) < 4.78 is 0. The largest absolute Gasteiger partial charge is 0.208 e. The van der Waals surface area contributed by atoms with E-state index in [4.69, 9.17) is 15.0 Å². The summed E-state index contributed by atoms with van der Waals surface area (Å²) in [4.78, 5) is 18.1. The van der Waals surface area contributed by atoms with Crippen molar-refractivity contribution in [1.29, 1.82) is 0 Å². The summed E-state index contributed by atoms with van der Waals surface area (Å²) in [5.41, 5.74) is 15.0. The summed E-state index contributed by atoms with van der Waals surface area (Å²) >= 11 is 1.94. The van der Waals surface area contributed by atoms with Crippen molar-refractivity contribution in [3.63, 3.8) is 0 Å². The molecule has 2 aromatic heterocycles. The molecule has 0 bridgehead atoms. The maximum atomic E-state index is 5.23. The SMILES string of the molecule is c1ccc(-c2nc(-c3ccccc3)nc(-c3cccc4c3-c3ccccc3C43c4ccccc4-c4c3sc(-c3ccccc3)c4-c3ccccc3)n2)cc1. The summed E-state index contributed by atoms with van der Waals surface area (Å²) in [5.74, 6) is 1.98. The van der Waals surface area contributed by atoms with Gasteiger partial charge in [0.05, 0.1) is 5.41 Å². The zero-order valence-electron chi connectivity index (χ0n) is 29.1. The van der Waals surface area contributed by atoms with Gasteiger partial charge in [0.1, 0.15) is 0 Å². The third kappa shape index (κ3) is 4.44. The van der Waals surface area contributed by atoms with E-state index in [-0.39, 0.29) is 0 Å². The summed E-state index contributed by atoms with van der Waals surface area (Å²) in [6, 6.07) is 67.0. The Morgan fingerprint density at radius 2 is 0.741 bits per heavy atom. The van der Waals surface area contributed by atoms with E-state index >= 15 is 0 Å². The Bertz CT molecular complexity index is 2810. The molecule has 0 amide bonds. The van der Waals surface area contributed by atoms with E-state index in [9.17, 15) is 0 Å². The maximum absolute atomic E-state index is 5.23. The van der Waals surface area contributed by atoms with Crippen molar-refractivity contribution in [3.05, 3.63) is 210 Å². The van der Waals surface area contributed by atoms with Gasteiger partial charge in [-0.2, -0.15) is 0 Å². The van der Waals surface area contributed by atoms with Crippen molar-refractivity contribution < 1.29 is 0 Å². The minimum absolute atomic E-state index is 0.521. The van der Waals surface area contributed by atoms with Gasteiger partial charge in [0.15, 0.2) is 17.5 Å². The van der Waals surface area contributed by atoms with Crippen LogP contribution >= 0.6 is 11.3 Å². The van der Waals surface area contributed by atoms with Gasteiger partial charge in [-0.1, -0.05) is 188 Å². The number of thiophene rings is 1. The molecule has 1 unspecified atom stereocenters. The van der Waals surface area contributed by atoms with Gasteiger partial charge >= 0.3 is 0 Å². The minimum Gasteiger partial charge on any atom is -0.208 e. The minimum atomic E-state index is -0.521. The molecule has 4 heteroatoms. The van der Waals surface area contributed by atoms with Crippen molar-refractivity contribution in [1.82, 2.24) is 15.0 Å². The number of hydrogen-bond donors (Lipinski definition) is 0. The molecule has 0 fully saturated rings. The molecule has 0 N–H and O–H groups in total. The van der Waals surface area contributed by atoms with Gasteiger partial charge in [0, 0.05) is 37.6 Å². The Hall–Kier alpha value is -6.75. The average molecular weight is 706 g/mol. The van der Waals surface area contributed by atoms with Crippen molar-refractivity contribution in [3.8, 4) is 78.0 Å². The smallest absolute Gasteiger partial charge is 0.164 e. The van der Waals surface area contributed by atoms with Crippen molar-refractivity contribution in [2.75, 3.05) is 0 Å². The molecule has 2 aliphatic rings. The van der Waals surface area contributed by atoms with E-state index < -0.39 is 5.41 Å².